The van der Waals surface area contributed by atoms with Crippen molar-refractivity contribution in [3.63, 3.8) is 0 Å². The molecule has 74 valence electrons. The third kappa shape index (κ3) is 2.18. The van der Waals surface area contributed by atoms with E-state index in [0.717, 1.165) is 5.56 Å². The fraction of sp³-hybridized carbons (Fsp3) is 0.333. The second-order valence-electron chi connectivity index (χ2n) is 2.74. The number of alkyl halides is 2. The van der Waals surface area contributed by atoms with Crippen LogP contribution in [-0.2, 0) is 6.42 Å². The molecular weight excluding hydrogens is 301 g/mol. The van der Waals surface area contributed by atoms with Crippen LogP contribution in [0.15, 0.2) is 6.20 Å². The van der Waals surface area contributed by atoms with Crippen molar-refractivity contribution in [3.05, 3.63) is 26.6 Å². The van der Waals surface area contributed by atoms with Crippen LogP contribution in [0.1, 0.15) is 23.2 Å². The molecule has 0 aliphatic heterocycles. The van der Waals surface area contributed by atoms with Crippen LogP contribution in [0.2, 0.25) is 0 Å². The van der Waals surface area contributed by atoms with Gasteiger partial charge in [0.1, 0.15) is 5.69 Å². The second kappa shape index (κ2) is 4.64. The van der Waals surface area contributed by atoms with Crippen molar-refractivity contribution in [2.24, 2.45) is 0 Å². The van der Waals surface area contributed by atoms with Gasteiger partial charge in [0.05, 0.1) is 12.5 Å². The van der Waals surface area contributed by atoms with Gasteiger partial charge in [0.15, 0.2) is 0 Å². The molecule has 0 bridgehead atoms. The number of aromatic nitrogens is 1. The molecule has 0 aliphatic carbocycles. The van der Waals surface area contributed by atoms with Gasteiger partial charge in [-0.2, -0.15) is 5.26 Å². The molecule has 0 N–H and O–H groups in total. The molecule has 0 aliphatic rings. The smallest absolute Gasteiger partial charge is 0.254 e. The normalized spacial score (nSPS) is 10.3. The number of rotatable bonds is 2. The topological polar surface area (TPSA) is 36.7 Å². The summed E-state index contributed by atoms with van der Waals surface area (Å²) in [5, 5.41) is 8.49. The van der Waals surface area contributed by atoms with Crippen LogP contribution in [0.3, 0.4) is 0 Å². The van der Waals surface area contributed by atoms with Crippen molar-refractivity contribution in [1.29, 1.82) is 5.26 Å². The van der Waals surface area contributed by atoms with Crippen molar-refractivity contribution in [3.8, 4) is 6.07 Å². The molecule has 1 aromatic heterocycles. The van der Waals surface area contributed by atoms with E-state index in [-0.39, 0.29) is 12.1 Å². The molecule has 1 aromatic rings. The zero-order chi connectivity index (χ0) is 10.7. The van der Waals surface area contributed by atoms with Crippen molar-refractivity contribution in [1.82, 2.24) is 4.98 Å². The number of hydrogen-bond acceptors (Lipinski definition) is 2. The van der Waals surface area contributed by atoms with Gasteiger partial charge in [0, 0.05) is 9.77 Å². The average Bonchev–Trinajstić information content (AvgIpc) is 2.13. The van der Waals surface area contributed by atoms with Crippen LogP contribution in [-0.4, -0.2) is 4.98 Å². The zero-order valence-corrected chi connectivity index (χ0v) is 9.55. The number of nitrogens with zero attached hydrogens (tertiary/aromatic N) is 2. The van der Waals surface area contributed by atoms with E-state index in [1.165, 1.54) is 6.20 Å². The van der Waals surface area contributed by atoms with Gasteiger partial charge in [0.2, 0.25) is 0 Å². The highest BCUT2D eigenvalue weighted by Gasteiger charge is 2.16. The highest BCUT2D eigenvalue weighted by molar-refractivity contribution is 14.1. The predicted molar refractivity (Wildman–Crippen MR) is 56.0 cm³/mol. The molecule has 1 rings (SSSR count). The summed E-state index contributed by atoms with van der Waals surface area (Å²) in [7, 11) is 0. The molecule has 0 amide bonds. The Labute approximate surface area is 94.1 Å². The van der Waals surface area contributed by atoms with Crippen LogP contribution < -0.4 is 0 Å². The SMILES string of the molecule is Cc1c(CC#N)cnc(C(F)F)c1I. The Morgan fingerprint density at radius 2 is 2.29 bits per heavy atom. The first-order valence-corrected chi connectivity index (χ1v) is 4.94. The van der Waals surface area contributed by atoms with Crippen LogP contribution in [0.25, 0.3) is 0 Å². The van der Waals surface area contributed by atoms with Gasteiger partial charge >= 0.3 is 0 Å². The molecular formula is C9H7F2IN2. The molecule has 0 saturated heterocycles. The lowest BCUT2D eigenvalue weighted by atomic mass is 10.1. The van der Waals surface area contributed by atoms with E-state index in [4.69, 9.17) is 5.26 Å². The van der Waals surface area contributed by atoms with Gasteiger partial charge < -0.3 is 0 Å². The average molecular weight is 308 g/mol. The van der Waals surface area contributed by atoms with Gasteiger partial charge in [-0.3, -0.25) is 4.98 Å². The Morgan fingerprint density at radius 3 is 2.79 bits per heavy atom. The summed E-state index contributed by atoms with van der Waals surface area (Å²) in [6.45, 7) is 1.72. The van der Waals surface area contributed by atoms with E-state index in [2.05, 4.69) is 4.98 Å². The Kier molecular flexibility index (Phi) is 3.75. The van der Waals surface area contributed by atoms with Crippen molar-refractivity contribution >= 4 is 22.6 Å². The molecule has 0 aromatic carbocycles. The Bertz CT molecular complexity index is 385. The summed E-state index contributed by atoms with van der Waals surface area (Å²) in [4.78, 5) is 3.65. The van der Waals surface area contributed by atoms with Crippen LogP contribution in [0.4, 0.5) is 8.78 Å². The number of halogens is 3. The molecule has 0 spiro atoms. The molecule has 0 saturated carbocycles. The number of hydrogen-bond donors (Lipinski definition) is 0. The van der Waals surface area contributed by atoms with E-state index in [0.29, 0.717) is 9.13 Å². The largest absolute Gasteiger partial charge is 0.281 e. The van der Waals surface area contributed by atoms with Crippen LogP contribution in [0.5, 0.6) is 0 Å². The lowest BCUT2D eigenvalue weighted by Gasteiger charge is -2.08. The van der Waals surface area contributed by atoms with E-state index >= 15 is 0 Å². The highest BCUT2D eigenvalue weighted by atomic mass is 127. The minimum atomic E-state index is -2.56. The minimum absolute atomic E-state index is 0.204. The van der Waals surface area contributed by atoms with E-state index in [1.54, 1.807) is 6.92 Å². The standard InChI is InChI=1S/C9H7F2IN2/c1-5-6(2-3-13)4-14-8(7(5)12)9(10)11/h4,9H,2H2,1H3. The fourth-order valence-corrected chi connectivity index (χ4v) is 1.77. The van der Waals surface area contributed by atoms with Crippen LogP contribution >= 0.6 is 22.6 Å². The summed E-state index contributed by atoms with van der Waals surface area (Å²) in [6.07, 6.45) is -1.00. The molecule has 0 atom stereocenters. The number of nitriles is 1. The zero-order valence-electron chi connectivity index (χ0n) is 7.39. The highest BCUT2D eigenvalue weighted by Crippen LogP contribution is 2.26. The maximum Gasteiger partial charge on any atom is 0.281 e. The second-order valence-corrected chi connectivity index (χ2v) is 3.82. The van der Waals surface area contributed by atoms with Crippen molar-refractivity contribution in [2.75, 3.05) is 0 Å². The third-order valence-electron chi connectivity index (χ3n) is 1.87. The van der Waals surface area contributed by atoms with E-state index in [9.17, 15) is 8.78 Å². The van der Waals surface area contributed by atoms with E-state index in [1.807, 2.05) is 28.7 Å². The molecule has 2 nitrogen and oxygen atoms in total. The summed E-state index contributed by atoms with van der Waals surface area (Å²) in [5.41, 5.74) is 1.23. The first-order chi connectivity index (χ1) is 6.57. The first-order valence-electron chi connectivity index (χ1n) is 3.87. The molecule has 1 heterocycles. The predicted octanol–water partition coefficient (Wildman–Crippen LogP) is 3.00. The summed E-state index contributed by atoms with van der Waals surface area (Å²) in [5.74, 6) is 0. The van der Waals surface area contributed by atoms with Crippen molar-refractivity contribution in [2.45, 2.75) is 19.8 Å². The quantitative estimate of drug-likeness (QED) is 0.788. The van der Waals surface area contributed by atoms with E-state index < -0.39 is 6.43 Å². The first kappa shape index (κ1) is 11.3. The minimum Gasteiger partial charge on any atom is -0.254 e. The lowest BCUT2D eigenvalue weighted by molar-refractivity contribution is 0.145. The van der Waals surface area contributed by atoms with Crippen LogP contribution in [0, 0.1) is 21.8 Å². The lowest BCUT2D eigenvalue weighted by Crippen LogP contribution is -2.01. The fourth-order valence-electron chi connectivity index (χ4n) is 1.05. The van der Waals surface area contributed by atoms with Gasteiger partial charge in [-0.25, -0.2) is 8.78 Å². The summed E-state index contributed by atoms with van der Waals surface area (Å²) >= 11 is 1.83. The molecule has 14 heavy (non-hydrogen) atoms. The maximum atomic E-state index is 12.4. The molecule has 0 fully saturated rings. The van der Waals surface area contributed by atoms with Crippen molar-refractivity contribution < 1.29 is 8.78 Å². The Balaban J connectivity index is 3.20. The number of pyridine rings is 1. The Hall–Kier alpha value is -0.770. The monoisotopic (exact) mass is 308 g/mol. The summed E-state index contributed by atoms with van der Waals surface area (Å²) < 4.78 is 25.2. The van der Waals surface area contributed by atoms with Gasteiger partial charge in [-0.1, -0.05) is 0 Å². The molecule has 5 heteroatoms. The van der Waals surface area contributed by atoms with Gasteiger partial charge in [-0.05, 0) is 40.6 Å². The maximum absolute atomic E-state index is 12.4. The van der Waals surface area contributed by atoms with Gasteiger partial charge in [-0.15, -0.1) is 0 Å². The van der Waals surface area contributed by atoms with Gasteiger partial charge in [0.25, 0.3) is 6.43 Å². The Morgan fingerprint density at radius 1 is 1.64 bits per heavy atom. The summed E-state index contributed by atoms with van der Waals surface area (Å²) in [6, 6.07) is 1.97. The third-order valence-corrected chi connectivity index (χ3v) is 3.23. The molecule has 0 unspecified atom stereocenters. The molecule has 0 radical (unpaired) electrons.